The summed E-state index contributed by atoms with van der Waals surface area (Å²) in [5, 5.41) is 0. The molecule has 0 saturated carbocycles. The number of carbonyl (C=O) groups excluding carboxylic acids is 1. The SMILES string of the molecule is COc1ccccc1CC(=O)N1CCCC12CN(c1cccc(F)c1)C(C)(C)C2. The summed E-state index contributed by atoms with van der Waals surface area (Å²) in [4.78, 5) is 17.7. The zero-order valence-electron chi connectivity index (χ0n) is 17.5. The molecule has 2 saturated heterocycles. The first kappa shape index (κ1) is 19.7. The smallest absolute Gasteiger partial charge is 0.227 e. The maximum atomic E-state index is 13.9. The van der Waals surface area contributed by atoms with Crippen molar-refractivity contribution in [1.29, 1.82) is 0 Å². The van der Waals surface area contributed by atoms with Crippen LogP contribution in [0, 0.1) is 5.82 Å². The third kappa shape index (κ3) is 3.59. The lowest BCUT2D eigenvalue weighted by Gasteiger charge is -2.35. The molecule has 1 spiro atoms. The fraction of sp³-hybridized carbons (Fsp3) is 0.458. The molecule has 0 aromatic heterocycles. The average Bonchev–Trinajstić information content (AvgIpc) is 3.21. The van der Waals surface area contributed by atoms with Crippen LogP contribution in [0.1, 0.15) is 38.7 Å². The number of carbonyl (C=O) groups is 1. The Morgan fingerprint density at radius 2 is 1.97 bits per heavy atom. The number of hydrogen-bond donors (Lipinski definition) is 0. The summed E-state index contributed by atoms with van der Waals surface area (Å²) in [6.45, 7) is 5.89. The highest BCUT2D eigenvalue weighted by atomic mass is 19.1. The Balaban J connectivity index is 1.59. The number of rotatable bonds is 4. The van der Waals surface area contributed by atoms with Crippen molar-refractivity contribution in [1.82, 2.24) is 4.90 Å². The Morgan fingerprint density at radius 3 is 2.72 bits per heavy atom. The molecule has 2 aromatic rings. The normalized spacial score (nSPS) is 23.0. The minimum absolute atomic E-state index is 0.142. The van der Waals surface area contributed by atoms with Crippen molar-refractivity contribution in [3.63, 3.8) is 0 Å². The number of nitrogens with zero attached hydrogens (tertiary/aromatic N) is 2. The largest absolute Gasteiger partial charge is 0.496 e. The van der Waals surface area contributed by atoms with E-state index in [-0.39, 0.29) is 22.8 Å². The monoisotopic (exact) mass is 396 g/mol. The second-order valence-electron chi connectivity index (χ2n) is 8.92. The minimum atomic E-state index is -0.227. The molecule has 154 valence electrons. The van der Waals surface area contributed by atoms with Crippen LogP contribution < -0.4 is 9.64 Å². The summed E-state index contributed by atoms with van der Waals surface area (Å²) in [6, 6.07) is 14.5. The predicted molar refractivity (Wildman–Crippen MR) is 113 cm³/mol. The maximum Gasteiger partial charge on any atom is 0.227 e. The lowest BCUT2D eigenvalue weighted by molar-refractivity contribution is -0.134. The van der Waals surface area contributed by atoms with Gasteiger partial charge < -0.3 is 14.5 Å². The molecule has 2 fully saturated rings. The van der Waals surface area contributed by atoms with Crippen molar-refractivity contribution in [3.05, 3.63) is 59.9 Å². The molecule has 1 atom stereocenters. The van der Waals surface area contributed by atoms with Crippen molar-refractivity contribution in [3.8, 4) is 5.75 Å². The van der Waals surface area contributed by atoms with E-state index in [1.165, 1.54) is 6.07 Å². The highest BCUT2D eigenvalue weighted by Crippen LogP contribution is 2.47. The number of halogens is 1. The van der Waals surface area contributed by atoms with E-state index >= 15 is 0 Å². The van der Waals surface area contributed by atoms with Crippen LogP contribution >= 0.6 is 0 Å². The number of methoxy groups -OCH3 is 1. The van der Waals surface area contributed by atoms with Crippen molar-refractivity contribution >= 4 is 11.6 Å². The molecule has 2 aromatic carbocycles. The number of likely N-dealkylation sites (tertiary alicyclic amines) is 1. The summed E-state index contributed by atoms with van der Waals surface area (Å²) in [7, 11) is 1.64. The van der Waals surface area contributed by atoms with Crippen LogP contribution in [0.15, 0.2) is 48.5 Å². The molecule has 0 radical (unpaired) electrons. The van der Waals surface area contributed by atoms with E-state index in [2.05, 4.69) is 23.6 Å². The van der Waals surface area contributed by atoms with Gasteiger partial charge in [-0.25, -0.2) is 4.39 Å². The van der Waals surface area contributed by atoms with Gasteiger partial charge in [0, 0.05) is 29.9 Å². The fourth-order valence-corrected chi connectivity index (χ4v) is 5.33. The second-order valence-corrected chi connectivity index (χ2v) is 8.92. The highest BCUT2D eigenvalue weighted by molar-refractivity contribution is 5.81. The average molecular weight is 397 g/mol. The van der Waals surface area contributed by atoms with Crippen LogP contribution in [-0.2, 0) is 11.2 Å². The standard InChI is InChI=1S/C24H29FN2O2/c1-23(2)16-24(17-27(23)20-10-6-9-19(25)15-20)12-7-13-26(24)22(28)14-18-8-4-5-11-21(18)29-3/h4-6,8-11,15H,7,12-14,16-17H2,1-3H3. The summed E-state index contributed by atoms with van der Waals surface area (Å²) in [6.07, 6.45) is 3.21. The van der Waals surface area contributed by atoms with Crippen LogP contribution in [0.4, 0.5) is 10.1 Å². The zero-order valence-corrected chi connectivity index (χ0v) is 17.5. The van der Waals surface area contributed by atoms with Gasteiger partial charge in [0.05, 0.1) is 19.1 Å². The first-order chi connectivity index (χ1) is 13.8. The van der Waals surface area contributed by atoms with Gasteiger partial charge in [-0.3, -0.25) is 4.79 Å². The summed E-state index contributed by atoms with van der Waals surface area (Å²) in [5.41, 5.74) is 1.45. The molecule has 0 bridgehead atoms. The van der Waals surface area contributed by atoms with Gasteiger partial charge in [-0.15, -0.1) is 0 Å². The molecule has 2 heterocycles. The molecule has 4 nitrogen and oxygen atoms in total. The molecular weight excluding hydrogens is 367 g/mol. The van der Waals surface area contributed by atoms with Gasteiger partial charge in [0.1, 0.15) is 11.6 Å². The van der Waals surface area contributed by atoms with Gasteiger partial charge in [-0.1, -0.05) is 24.3 Å². The van der Waals surface area contributed by atoms with Crippen molar-refractivity contribution < 1.29 is 13.9 Å². The molecule has 1 amide bonds. The third-order valence-electron chi connectivity index (χ3n) is 6.50. The Hall–Kier alpha value is -2.56. The number of para-hydroxylation sites is 1. The van der Waals surface area contributed by atoms with Gasteiger partial charge in [0.2, 0.25) is 5.91 Å². The molecule has 0 aliphatic carbocycles. The number of amides is 1. The number of hydrogen-bond acceptors (Lipinski definition) is 3. The Kier molecular flexibility index (Phi) is 5.01. The predicted octanol–water partition coefficient (Wildman–Crippen LogP) is 4.43. The molecule has 0 N–H and O–H groups in total. The van der Waals surface area contributed by atoms with Crippen LogP contribution in [-0.4, -0.2) is 42.1 Å². The topological polar surface area (TPSA) is 32.8 Å². The zero-order chi connectivity index (χ0) is 20.6. The van der Waals surface area contributed by atoms with E-state index < -0.39 is 0 Å². The first-order valence-electron chi connectivity index (χ1n) is 10.3. The van der Waals surface area contributed by atoms with Crippen molar-refractivity contribution in [2.45, 2.75) is 50.6 Å². The summed E-state index contributed by atoms with van der Waals surface area (Å²) < 4.78 is 19.3. The van der Waals surface area contributed by atoms with E-state index in [0.717, 1.165) is 49.4 Å². The molecule has 5 heteroatoms. The van der Waals surface area contributed by atoms with E-state index in [1.807, 2.05) is 30.3 Å². The highest BCUT2D eigenvalue weighted by Gasteiger charge is 2.54. The lowest BCUT2D eigenvalue weighted by atomic mass is 9.87. The Morgan fingerprint density at radius 1 is 1.17 bits per heavy atom. The van der Waals surface area contributed by atoms with Crippen molar-refractivity contribution in [2.75, 3.05) is 25.1 Å². The molecule has 4 rings (SSSR count). The molecule has 2 aliphatic heterocycles. The van der Waals surface area contributed by atoms with Crippen molar-refractivity contribution in [2.24, 2.45) is 0 Å². The van der Waals surface area contributed by atoms with E-state index in [1.54, 1.807) is 19.2 Å². The van der Waals surface area contributed by atoms with Gasteiger partial charge in [-0.2, -0.15) is 0 Å². The van der Waals surface area contributed by atoms with Crippen LogP contribution in [0.5, 0.6) is 5.75 Å². The Bertz CT molecular complexity index is 913. The maximum absolute atomic E-state index is 13.9. The van der Waals surface area contributed by atoms with Gasteiger partial charge in [0.25, 0.3) is 0 Å². The minimum Gasteiger partial charge on any atom is -0.496 e. The second kappa shape index (κ2) is 7.36. The van der Waals surface area contributed by atoms with Gasteiger partial charge in [-0.05, 0) is 57.4 Å². The Labute approximate surface area is 172 Å². The van der Waals surface area contributed by atoms with E-state index in [9.17, 15) is 9.18 Å². The summed E-state index contributed by atoms with van der Waals surface area (Å²) >= 11 is 0. The van der Waals surface area contributed by atoms with Gasteiger partial charge in [0.15, 0.2) is 0 Å². The first-order valence-corrected chi connectivity index (χ1v) is 10.3. The van der Waals surface area contributed by atoms with E-state index in [4.69, 9.17) is 4.74 Å². The number of benzene rings is 2. The van der Waals surface area contributed by atoms with Gasteiger partial charge >= 0.3 is 0 Å². The molecule has 2 aliphatic rings. The van der Waals surface area contributed by atoms with E-state index in [0.29, 0.717) is 6.42 Å². The van der Waals surface area contributed by atoms with Crippen LogP contribution in [0.3, 0.4) is 0 Å². The number of anilines is 1. The molecular formula is C24H29FN2O2. The van der Waals surface area contributed by atoms with Crippen LogP contribution in [0.2, 0.25) is 0 Å². The number of ether oxygens (including phenoxy) is 1. The summed E-state index contributed by atoms with van der Waals surface area (Å²) in [5.74, 6) is 0.668. The third-order valence-corrected chi connectivity index (χ3v) is 6.50. The molecule has 1 unspecified atom stereocenters. The molecule has 29 heavy (non-hydrogen) atoms. The lowest BCUT2D eigenvalue weighted by Crippen LogP contribution is -2.49. The van der Waals surface area contributed by atoms with Crippen LogP contribution in [0.25, 0.3) is 0 Å². The fourth-order valence-electron chi connectivity index (χ4n) is 5.33. The quantitative estimate of drug-likeness (QED) is 0.767.